The highest BCUT2D eigenvalue weighted by molar-refractivity contribution is 6.46. The van der Waals surface area contributed by atoms with Gasteiger partial charge < -0.3 is 24.1 Å². The molecular formula is C23H26N2O5. The number of carbonyl (C=O) groups is 2. The fraction of sp³-hybridized carbons (Fsp3) is 0.391. The number of ether oxygens (including phenoxy) is 1. The smallest absolute Gasteiger partial charge is 0.295 e. The first kappa shape index (κ1) is 20.2. The molecule has 7 nitrogen and oxygen atoms in total. The normalized spacial score (nSPS) is 20.5. The van der Waals surface area contributed by atoms with Crippen LogP contribution in [0, 0.1) is 6.92 Å². The van der Waals surface area contributed by atoms with Crippen molar-refractivity contribution in [3.8, 4) is 5.75 Å². The van der Waals surface area contributed by atoms with Crippen LogP contribution in [0.5, 0.6) is 5.75 Å². The molecule has 2 aromatic rings. The number of furan rings is 1. The molecule has 0 aliphatic carbocycles. The van der Waals surface area contributed by atoms with Crippen molar-refractivity contribution in [3.63, 3.8) is 0 Å². The number of benzene rings is 1. The van der Waals surface area contributed by atoms with Gasteiger partial charge in [0.1, 0.15) is 29.1 Å². The third-order valence-electron chi connectivity index (χ3n) is 5.54. The summed E-state index contributed by atoms with van der Waals surface area (Å²) in [7, 11) is 3.80. The third kappa shape index (κ3) is 3.61. The Hall–Kier alpha value is -3.06. The predicted octanol–water partition coefficient (Wildman–Crippen LogP) is 2.90. The van der Waals surface area contributed by atoms with E-state index in [0.29, 0.717) is 36.8 Å². The molecule has 1 atom stereocenters. The average molecular weight is 410 g/mol. The number of nitrogens with zero attached hydrogens (tertiary/aromatic N) is 2. The van der Waals surface area contributed by atoms with Crippen LogP contribution in [0.3, 0.4) is 0 Å². The number of aryl methyl sites for hydroxylation is 2. The molecule has 2 aliphatic rings. The van der Waals surface area contributed by atoms with E-state index in [1.807, 2.05) is 25.1 Å². The number of likely N-dealkylation sites (N-methyl/N-ethyl adjacent to an activating group) is 1. The summed E-state index contributed by atoms with van der Waals surface area (Å²) >= 11 is 0. The Morgan fingerprint density at radius 3 is 2.73 bits per heavy atom. The molecule has 1 aromatic heterocycles. The zero-order valence-electron chi connectivity index (χ0n) is 17.5. The second-order valence-corrected chi connectivity index (χ2v) is 8.02. The Bertz CT molecular complexity index is 1020. The Balaban J connectivity index is 1.80. The predicted molar refractivity (Wildman–Crippen MR) is 111 cm³/mol. The number of hydrogen-bond acceptors (Lipinski definition) is 6. The summed E-state index contributed by atoms with van der Waals surface area (Å²) in [6.45, 7) is 3.41. The van der Waals surface area contributed by atoms with E-state index in [9.17, 15) is 14.7 Å². The lowest BCUT2D eigenvalue weighted by Gasteiger charge is -2.25. The van der Waals surface area contributed by atoms with E-state index in [2.05, 4.69) is 0 Å². The van der Waals surface area contributed by atoms with E-state index in [0.717, 1.165) is 24.2 Å². The van der Waals surface area contributed by atoms with Crippen LogP contribution in [-0.4, -0.2) is 60.4 Å². The van der Waals surface area contributed by atoms with E-state index in [1.54, 1.807) is 31.2 Å². The molecule has 0 spiro atoms. The van der Waals surface area contributed by atoms with E-state index < -0.39 is 17.7 Å². The number of hydrogen-bond donors (Lipinski definition) is 1. The number of Topliss-reactive ketones (excluding diaryl/α,β-unsaturated/α-hetero) is 1. The molecule has 3 heterocycles. The second-order valence-electron chi connectivity index (χ2n) is 8.02. The first-order chi connectivity index (χ1) is 14.4. The number of likely N-dealkylation sites (tertiary alicyclic amines) is 1. The highest BCUT2D eigenvalue weighted by atomic mass is 16.5. The van der Waals surface area contributed by atoms with Crippen LogP contribution in [0.1, 0.15) is 35.1 Å². The highest BCUT2D eigenvalue weighted by Gasteiger charge is 2.47. The Kier molecular flexibility index (Phi) is 5.39. The van der Waals surface area contributed by atoms with E-state index >= 15 is 0 Å². The van der Waals surface area contributed by atoms with Crippen LogP contribution in [0.15, 0.2) is 40.3 Å². The molecule has 1 amide bonds. The SMILES string of the molecule is Cc1ccc(C2/C(=C(/O)c3ccc4c(c3)CCCO4)C(=O)C(=O)N2CCN(C)C)o1. The number of aliphatic hydroxyl groups is 1. The molecule has 7 heteroatoms. The number of rotatable bonds is 5. The first-order valence-electron chi connectivity index (χ1n) is 10.1. The second kappa shape index (κ2) is 7.99. The Labute approximate surface area is 175 Å². The fourth-order valence-corrected chi connectivity index (χ4v) is 3.98. The number of fused-ring (bicyclic) bond motifs is 1. The molecule has 30 heavy (non-hydrogen) atoms. The molecule has 0 radical (unpaired) electrons. The van der Waals surface area contributed by atoms with Crippen LogP contribution in [0.4, 0.5) is 0 Å². The Morgan fingerprint density at radius 2 is 2.03 bits per heavy atom. The highest BCUT2D eigenvalue weighted by Crippen LogP contribution is 2.40. The van der Waals surface area contributed by atoms with E-state index in [4.69, 9.17) is 9.15 Å². The summed E-state index contributed by atoms with van der Waals surface area (Å²) in [4.78, 5) is 29.2. The average Bonchev–Trinajstić information content (AvgIpc) is 3.26. The van der Waals surface area contributed by atoms with Crippen molar-refractivity contribution in [2.24, 2.45) is 0 Å². The van der Waals surface area contributed by atoms with Crippen molar-refractivity contribution >= 4 is 17.4 Å². The molecule has 158 valence electrons. The van der Waals surface area contributed by atoms with Gasteiger partial charge in [0, 0.05) is 18.7 Å². The van der Waals surface area contributed by atoms with Gasteiger partial charge in [-0.15, -0.1) is 0 Å². The standard InChI is InChI=1S/C23H26N2O5/c1-14-6-8-18(30-14)20-19(22(27)23(28)25(20)11-10-24(2)3)21(26)16-7-9-17-15(13-16)5-4-12-29-17/h6-9,13,20,26H,4-5,10-12H2,1-3H3/b21-19-. The van der Waals surface area contributed by atoms with Gasteiger partial charge in [-0.05, 0) is 69.8 Å². The summed E-state index contributed by atoms with van der Waals surface area (Å²) in [5.41, 5.74) is 1.54. The van der Waals surface area contributed by atoms with Gasteiger partial charge >= 0.3 is 0 Å². The summed E-state index contributed by atoms with van der Waals surface area (Å²) < 4.78 is 11.4. The van der Waals surface area contributed by atoms with E-state index in [-0.39, 0.29) is 11.3 Å². The van der Waals surface area contributed by atoms with Crippen LogP contribution in [-0.2, 0) is 16.0 Å². The van der Waals surface area contributed by atoms with Crippen LogP contribution in [0.25, 0.3) is 5.76 Å². The molecular weight excluding hydrogens is 384 g/mol. The number of carbonyl (C=O) groups excluding carboxylic acids is 2. The van der Waals surface area contributed by atoms with Gasteiger partial charge in [0.15, 0.2) is 0 Å². The maximum Gasteiger partial charge on any atom is 0.295 e. The van der Waals surface area contributed by atoms with Crippen molar-refractivity contribution in [3.05, 3.63) is 58.6 Å². The summed E-state index contributed by atoms with van der Waals surface area (Å²) in [5.74, 6) is 0.427. The Morgan fingerprint density at radius 1 is 1.23 bits per heavy atom. The minimum absolute atomic E-state index is 0.0600. The zero-order valence-corrected chi connectivity index (χ0v) is 17.5. The van der Waals surface area contributed by atoms with Gasteiger partial charge in [-0.2, -0.15) is 0 Å². The van der Waals surface area contributed by atoms with Crippen molar-refractivity contribution in [1.29, 1.82) is 0 Å². The molecule has 1 unspecified atom stereocenters. The van der Waals surface area contributed by atoms with Gasteiger partial charge in [-0.25, -0.2) is 0 Å². The maximum absolute atomic E-state index is 13.0. The van der Waals surface area contributed by atoms with Crippen LogP contribution in [0.2, 0.25) is 0 Å². The summed E-state index contributed by atoms with van der Waals surface area (Å²) in [6, 6.07) is 8.14. The minimum atomic E-state index is -0.758. The number of amides is 1. The minimum Gasteiger partial charge on any atom is -0.507 e. The molecule has 0 bridgehead atoms. The molecule has 0 saturated carbocycles. The molecule has 1 N–H and O–H groups in total. The first-order valence-corrected chi connectivity index (χ1v) is 10.1. The monoisotopic (exact) mass is 410 g/mol. The lowest BCUT2D eigenvalue weighted by atomic mass is 9.96. The fourth-order valence-electron chi connectivity index (χ4n) is 3.98. The van der Waals surface area contributed by atoms with Crippen LogP contribution < -0.4 is 4.74 Å². The van der Waals surface area contributed by atoms with Gasteiger partial charge in [0.2, 0.25) is 0 Å². The zero-order chi connectivity index (χ0) is 21.4. The van der Waals surface area contributed by atoms with Gasteiger partial charge in [-0.3, -0.25) is 9.59 Å². The topological polar surface area (TPSA) is 83.2 Å². The summed E-state index contributed by atoms with van der Waals surface area (Å²) in [5, 5.41) is 11.1. The molecule has 1 saturated heterocycles. The van der Waals surface area contributed by atoms with Gasteiger partial charge in [0.05, 0.1) is 12.2 Å². The van der Waals surface area contributed by atoms with Gasteiger partial charge in [0.25, 0.3) is 11.7 Å². The molecule has 1 aromatic carbocycles. The molecule has 4 rings (SSSR count). The molecule has 2 aliphatic heterocycles. The van der Waals surface area contributed by atoms with Crippen LogP contribution >= 0.6 is 0 Å². The summed E-state index contributed by atoms with van der Waals surface area (Å²) in [6.07, 6.45) is 1.74. The lowest BCUT2D eigenvalue weighted by Crippen LogP contribution is -2.35. The maximum atomic E-state index is 13.0. The van der Waals surface area contributed by atoms with Crippen molar-refractivity contribution in [2.75, 3.05) is 33.8 Å². The number of ketones is 1. The van der Waals surface area contributed by atoms with Gasteiger partial charge in [-0.1, -0.05) is 0 Å². The van der Waals surface area contributed by atoms with Crippen molar-refractivity contribution in [1.82, 2.24) is 9.80 Å². The van der Waals surface area contributed by atoms with Crippen molar-refractivity contribution < 1.29 is 23.8 Å². The third-order valence-corrected chi connectivity index (χ3v) is 5.54. The molecule has 1 fully saturated rings. The van der Waals surface area contributed by atoms with E-state index in [1.165, 1.54) is 4.90 Å². The largest absolute Gasteiger partial charge is 0.507 e. The van der Waals surface area contributed by atoms with Crippen molar-refractivity contribution in [2.45, 2.75) is 25.8 Å². The lowest BCUT2D eigenvalue weighted by molar-refractivity contribution is -0.140. The number of aliphatic hydroxyl groups excluding tert-OH is 1. The quantitative estimate of drug-likeness (QED) is 0.464.